The summed E-state index contributed by atoms with van der Waals surface area (Å²) in [7, 11) is 0. The monoisotopic (exact) mass is 288 g/mol. The van der Waals surface area contributed by atoms with Crippen molar-refractivity contribution in [2.45, 2.75) is 19.5 Å². The lowest BCUT2D eigenvalue weighted by Crippen LogP contribution is -2.30. The van der Waals surface area contributed by atoms with E-state index >= 15 is 0 Å². The normalized spacial score (nSPS) is 10.3. The molecule has 0 aliphatic carbocycles. The van der Waals surface area contributed by atoms with Crippen LogP contribution in [0.25, 0.3) is 0 Å². The van der Waals surface area contributed by atoms with Crippen molar-refractivity contribution >= 4 is 5.91 Å². The summed E-state index contributed by atoms with van der Waals surface area (Å²) in [5, 5.41) is 6.91. The van der Waals surface area contributed by atoms with Gasteiger partial charge in [0.1, 0.15) is 5.75 Å². The summed E-state index contributed by atoms with van der Waals surface area (Å²) in [4.78, 5) is 11.6. The number of carbonyl (C=O) groups excluding carboxylic acids is 1. The molecule has 0 atom stereocenters. The van der Waals surface area contributed by atoms with E-state index in [1.807, 2.05) is 41.2 Å². The lowest BCUT2D eigenvalue weighted by molar-refractivity contribution is -0.123. The van der Waals surface area contributed by atoms with Gasteiger partial charge in [0, 0.05) is 32.0 Å². The summed E-state index contributed by atoms with van der Waals surface area (Å²) in [6.45, 7) is 1.91. The first kappa shape index (κ1) is 15.1. The van der Waals surface area contributed by atoms with Crippen LogP contribution in [-0.4, -0.2) is 28.8 Å². The molecule has 1 aromatic heterocycles. The maximum absolute atomic E-state index is 11.6. The van der Waals surface area contributed by atoms with Gasteiger partial charge in [-0.15, -0.1) is 0 Å². The summed E-state index contributed by atoms with van der Waals surface area (Å²) in [5.74, 6) is 0.539. The van der Waals surface area contributed by atoms with E-state index in [2.05, 4.69) is 10.4 Å². The van der Waals surface area contributed by atoms with Gasteiger partial charge in [0.2, 0.25) is 0 Å². The largest absolute Gasteiger partial charge is 0.484 e. The van der Waals surface area contributed by atoms with Crippen molar-refractivity contribution in [3.05, 3.63) is 48.3 Å². The highest BCUT2D eigenvalue weighted by Gasteiger charge is 2.02. The summed E-state index contributed by atoms with van der Waals surface area (Å²) < 4.78 is 7.23. The average Bonchev–Trinajstić information content (AvgIpc) is 3.03. The molecule has 0 fully saturated rings. The number of nitrogens with one attached hydrogen (secondary N) is 1. The van der Waals surface area contributed by atoms with E-state index in [9.17, 15) is 4.79 Å². The van der Waals surface area contributed by atoms with Crippen LogP contribution in [0.4, 0.5) is 0 Å². The number of aryl methyl sites for hydroxylation is 1. The van der Waals surface area contributed by atoms with Gasteiger partial charge < -0.3 is 15.8 Å². The third kappa shape index (κ3) is 5.27. The molecular formula is C15H20N4O2. The average molecular weight is 288 g/mol. The Morgan fingerprint density at radius 3 is 2.81 bits per heavy atom. The molecular weight excluding hydrogens is 268 g/mol. The zero-order chi connectivity index (χ0) is 14.9. The van der Waals surface area contributed by atoms with Gasteiger partial charge in [0.15, 0.2) is 6.61 Å². The van der Waals surface area contributed by atoms with Crippen molar-refractivity contribution in [1.29, 1.82) is 0 Å². The molecule has 1 heterocycles. The quantitative estimate of drug-likeness (QED) is 0.708. The van der Waals surface area contributed by atoms with Crippen molar-refractivity contribution in [2.24, 2.45) is 5.73 Å². The third-order valence-electron chi connectivity index (χ3n) is 2.97. The molecule has 0 saturated carbocycles. The summed E-state index contributed by atoms with van der Waals surface area (Å²) >= 11 is 0. The zero-order valence-corrected chi connectivity index (χ0v) is 11.9. The number of hydrogen-bond donors (Lipinski definition) is 2. The number of hydrogen-bond acceptors (Lipinski definition) is 4. The number of benzene rings is 1. The van der Waals surface area contributed by atoms with Gasteiger partial charge >= 0.3 is 0 Å². The molecule has 0 aliphatic rings. The van der Waals surface area contributed by atoms with Crippen LogP contribution in [0.15, 0.2) is 42.7 Å². The number of amides is 1. The Morgan fingerprint density at radius 1 is 1.33 bits per heavy atom. The first-order valence-corrected chi connectivity index (χ1v) is 6.94. The molecule has 0 aliphatic heterocycles. The Bertz CT molecular complexity index is 537. The second-order valence-corrected chi connectivity index (χ2v) is 4.61. The van der Waals surface area contributed by atoms with Crippen molar-refractivity contribution in [3.63, 3.8) is 0 Å². The smallest absolute Gasteiger partial charge is 0.257 e. The molecule has 3 N–H and O–H groups in total. The third-order valence-corrected chi connectivity index (χ3v) is 2.97. The number of carbonyl (C=O) groups is 1. The highest BCUT2D eigenvalue weighted by atomic mass is 16.5. The first-order chi connectivity index (χ1) is 10.3. The van der Waals surface area contributed by atoms with Gasteiger partial charge in [-0.1, -0.05) is 12.1 Å². The van der Waals surface area contributed by atoms with Crippen molar-refractivity contribution in [3.8, 4) is 5.75 Å². The van der Waals surface area contributed by atoms with Crippen LogP contribution in [0.2, 0.25) is 0 Å². The Labute approximate surface area is 123 Å². The van der Waals surface area contributed by atoms with Gasteiger partial charge in [-0.2, -0.15) is 5.10 Å². The Balaban J connectivity index is 1.60. The van der Waals surface area contributed by atoms with Gasteiger partial charge in [0.25, 0.3) is 5.91 Å². The van der Waals surface area contributed by atoms with Crippen LogP contribution in [0, 0.1) is 0 Å². The van der Waals surface area contributed by atoms with E-state index < -0.39 is 0 Å². The fourth-order valence-electron chi connectivity index (χ4n) is 1.82. The van der Waals surface area contributed by atoms with Crippen molar-refractivity contribution < 1.29 is 9.53 Å². The fraction of sp³-hybridized carbons (Fsp3) is 0.333. The molecule has 0 spiro atoms. The van der Waals surface area contributed by atoms with E-state index in [-0.39, 0.29) is 12.5 Å². The van der Waals surface area contributed by atoms with Crippen LogP contribution in [0.3, 0.4) is 0 Å². The second kappa shape index (κ2) is 8.06. The Morgan fingerprint density at radius 2 is 2.14 bits per heavy atom. The zero-order valence-electron chi connectivity index (χ0n) is 11.9. The van der Waals surface area contributed by atoms with E-state index in [1.54, 1.807) is 6.20 Å². The van der Waals surface area contributed by atoms with Gasteiger partial charge in [0.05, 0.1) is 0 Å². The fourth-order valence-corrected chi connectivity index (χ4v) is 1.82. The lowest BCUT2D eigenvalue weighted by Gasteiger charge is -2.08. The highest BCUT2D eigenvalue weighted by molar-refractivity contribution is 5.77. The van der Waals surface area contributed by atoms with Crippen LogP contribution in [-0.2, 0) is 17.9 Å². The molecule has 0 saturated heterocycles. The minimum atomic E-state index is -0.127. The van der Waals surface area contributed by atoms with Crippen LogP contribution >= 0.6 is 0 Å². The lowest BCUT2D eigenvalue weighted by atomic mass is 10.2. The standard InChI is InChI=1S/C15H20N4O2/c16-11-13-3-5-14(6-4-13)21-12-15(20)17-7-1-9-19-10-2-8-18-19/h2-6,8,10H,1,7,9,11-12,16H2,(H,17,20). The van der Waals surface area contributed by atoms with E-state index in [4.69, 9.17) is 10.5 Å². The summed E-state index contributed by atoms with van der Waals surface area (Å²) in [5.41, 5.74) is 6.55. The maximum atomic E-state index is 11.6. The second-order valence-electron chi connectivity index (χ2n) is 4.61. The van der Waals surface area contributed by atoms with E-state index in [0.29, 0.717) is 18.8 Å². The van der Waals surface area contributed by atoms with Crippen LogP contribution in [0.5, 0.6) is 5.75 Å². The topological polar surface area (TPSA) is 82.2 Å². The molecule has 1 aromatic carbocycles. The molecule has 0 radical (unpaired) electrons. The Kier molecular flexibility index (Phi) is 5.78. The summed E-state index contributed by atoms with van der Waals surface area (Å²) in [6, 6.07) is 9.28. The molecule has 112 valence electrons. The summed E-state index contributed by atoms with van der Waals surface area (Å²) in [6.07, 6.45) is 4.47. The number of rotatable bonds is 8. The molecule has 0 unspecified atom stereocenters. The van der Waals surface area contributed by atoms with E-state index in [0.717, 1.165) is 18.5 Å². The molecule has 6 heteroatoms. The minimum absolute atomic E-state index is 0.0176. The molecule has 2 aromatic rings. The molecule has 21 heavy (non-hydrogen) atoms. The van der Waals surface area contributed by atoms with Crippen molar-refractivity contribution in [2.75, 3.05) is 13.2 Å². The Hall–Kier alpha value is -2.34. The number of nitrogens with two attached hydrogens (primary N) is 1. The van der Waals surface area contributed by atoms with E-state index in [1.165, 1.54) is 0 Å². The molecule has 1 amide bonds. The number of ether oxygens (including phenoxy) is 1. The predicted molar refractivity (Wildman–Crippen MR) is 79.7 cm³/mol. The maximum Gasteiger partial charge on any atom is 0.257 e. The van der Waals surface area contributed by atoms with Crippen LogP contribution in [0.1, 0.15) is 12.0 Å². The first-order valence-electron chi connectivity index (χ1n) is 6.94. The highest BCUT2D eigenvalue weighted by Crippen LogP contribution is 2.11. The predicted octanol–water partition coefficient (Wildman–Crippen LogP) is 0.927. The SMILES string of the molecule is NCc1ccc(OCC(=O)NCCCn2cccn2)cc1. The molecule has 6 nitrogen and oxygen atoms in total. The number of aromatic nitrogens is 2. The van der Waals surface area contributed by atoms with Gasteiger partial charge in [-0.05, 0) is 30.2 Å². The minimum Gasteiger partial charge on any atom is -0.484 e. The molecule has 2 rings (SSSR count). The molecule has 0 bridgehead atoms. The van der Waals surface area contributed by atoms with Crippen molar-refractivity contribution in [1.82, 2.24) is 15.1 Å². The number of nitrogens with zero attached hydrogens (tertiary/aromatic N) is 2. The van der Waals surface area contributed by atoms with Gasteiger partial charge in [-0.3, -0.25) is 9.48 Å². The van der Waals surface area contributed by atoms with Gasteiger partial charge in [-0.25, -0.2) is 0 Å². The van der Waals surface area contributed by atoms with Crippen LogP contribution < -0.4 is 15.8 Å².